The lowest BCUT2D eigenvalue weighted by molar-refractivity contribution is 1.18. The molecule has 0 N–H and O–H groups in total. The van der Waals surface area contributed by atoms with Gasteiger partial charge in [0.25, 0.3) is 0 Å². The van der Waals surface area contributed by atoms with Crippen LogP contribution < -0.4 is 9.80 Å². The van der Waals surface area contributed by atoms with E-state index in [2.05, 4.69) is 285 Å². The van der Waals surface area contributed by atoms with Gasteiger partial charge in [-0.05, 0) is 132 Å². The molecule has 71 heavy (non-hydrogen) atoms. The van der Waals surface area contributed by atoms with E-state index in [0.29, 0.717) is 0 Å². The minimum absolute atomic E-state index is 1.10. The summed E-state index contributed by atoms with van der Waals surface area (Å²) in [7, 11) is 0. The van der Waals surface area contributed by atoms with Gasteiger partial charge in [0.15, 0.2) is 0 Å². The van der Waals surface area contributed by atoms with Gasteiger partial charge in [0.1, 0.15) is 0 Å². The zero-order valence-electron chi connectivity index (χ0n) is 38.6. The van der Waals surface area contributed by atoms with Gasteiger partial charge in [-0.3, -0.25) is 0 Å². The Morgan fingerprint density at radius 3 is 1.20 bits per heavy atom. The molecule has 11 aromatic carbocycles. The Morgan fingerprint density at radius 2 is 0.676 bits per heavy atom. The van der Waals surface area contributed by atoms with Gasteiger partial charge >= 0.3 is 0 Å². The third kappa shape index (κ3) is 6.66. The van der Waals surface area contributed by atoms with Crippen molar-refractivity contribution in [2.45, 2.75) is 0 Å². The number of para-hydroxylation sites is 6. The first kappa shape index (κ1) is 40.9. The smallest absolute Gasteiger partial charge is 0.0548 e. The summed E-state index contributed by atoms with van der Waals surface area (Å²) in [6, 6.07) is 94.9. The molecule has 0 unspecified atom stereocenters. The number of hydrogen-bond acceptors (Lipinski definition) is 3. The molecule has 0 aliphatic carbocycles. The molecule has 0 fully saturated rings. The number of thiophene rings is 1. The minimum atomic E-state index is 1.10. The highest BCUT2D eigenvalue weighted by Gasteiger charge is 2.24. The van der Waals surface area contributed by atoms with E-state index in [1.807, 2.05) is 11.3 Å². The first-order valence-electron chi connectivity index (χ1n) is 24.2. The normalized spacial score (nSPS) is 11.7. The highest BCUT2D eigenvalue weighted by Crippen LogP contribution is 2.49. The highest BCUT2D eigenvalue weighted by atomic mass is 32.1. The summed E-state index contributed by atoms with van der Waals surface area (Å²) in [5, 5.41) is 10.7. The zero-order valence-corrected chi connectivity index (χ0v) is 39.4. The van der Waals surface area contributed by atoms with Crippen molar-refractivity contribution >= 4 is 110 Å². The molecule has 0 saturated heterocycles. The van der Waals surface area contributed by atoms with E-state index in [1.165, 1.54) is 75.6 Å². The van der Waals surface area contributed by atoms with Crippen molar-refractivity contribution < 1.29 is 0 Å². The average Bonchev–Trinajstić information content (AvgIpc) is 4.16. The van der Waals surface area contributed by atoms with Gasteiger partial charge in [0, 0.05) is 76.7 Å². The van der Waals surface area contributed by atoms with E-state index in [0.717, 1.165) is 45.5 Å². The van der Waals surface area contributed by atoms with Crippen LogP contribution in [-0.4, -0.2) is 9.13 Å². The second-order valence-corrected chi connectivity index (χ2v) is 19.0. The molecule has 0 bridgehead atoms. The summed E-state index contributed by atoms with van der Waals surface area (Å²) in [5.74, 6) is 0. The second-order valence-electron chi connectivity index (χ2n) is 18.1. The third-order valence-electron chi connectivity index (χ3n) is 14.2. The van der Waals surface area contributed by atoms with Crippen LogP contribution in [-0.2, 0) is 0 Å². The third-order valence-corrected chi connectivity index (χ3v) is 15.1. The van der Waals surface area contributed by atoms with Crippen molar-refractivity contribution in [1.29, 1.82) is 0 Å². The maximum atomic E-state index is 2.43. The fourth-order valence-corrected chi connectivity index (χ4v) is 12.0. The predicted molar refractivity (Wildman–Crippen MR) is 303 cm³/mol. The van der Waals surface area contributed by atoms with Crippen LogP contribution in [0.2, 0.25) is 0 Å². The first-order valence-corrected chi connectivity index (χ1v) is 25.0. The predicted octanol–water partition coefficient (Wildman–Crippen LogP) is 18.9. The van der Waals surface area contributed by atoms with E-state index in [-0.39, 0.29) is 0 Å². The molecule has 0 amide bonds. The van der Waals surface area contributed by atoms with E-state index >= 15 is 0 Å². The standard InChI is InChI=1S/C66H44N4S/c1-5-19-45(20-6-1)67(49-33-37-64-58(43-49)54-29-15-17-31-60(54)69(64)47-23-9-3-10-24-47)62-39-35-52(51-27-13-14-28-53(51)62)56-36-40-63(57-41-42-71-66(56)57)68(46-21-7-2-8-22-46)50-34-38-65-59(44-50)55-30-16-18-32-61(55)70(65)48-25-11-4-12-26-48/h1-44H. The summed E-state index contributed by atoms with van der Waals surface area (Å²) in [4.78, 5) is 4.86. The number of aromatic nitrogens is 2. The first-order chi connectivity index (χ1) is 35.3. The van der Waals surface area contributed by atoms with Crippen LogP contribution in [0.15, 0.2) is 266 Å². The summed E-state index contributed by atoms with van der Waals surface area (Å²) >= 11 is 1.81. The molecule has 3 aromatic heterocycles. The Morgan fingerprint density at radius 1 is 0.268 bits per heavy atom. The Hall–Kier alpha value is -9.16. The summed E-state index contributed by atoms with van der Waals surface area (Å²) in [6.45, 7) is 0. The van der Waals surface area contributed by atoms with Gasteiger partial charge in [-0.2, -0.15) is 0 Å². The summed E-state index contributed by atoms with van der Waals surface area (Å²) in [5.41, 5.74) is 16.2. The molecule has 4 nitrogen and oxygen atoms in total. The van der Waals surface area contributed by atoms with Crippen molar-refractivity contribution in [2.75, 3.05) is 9.80 Å². The van der Waals surface area contributed by atoms with E-state index in [1.54, 1.807) is 0 Å². The van der Waals surface area contributed by atoms with Crippen molar-refractivity contribution in [2.24, 2.45) is 0 Å². The molecule has 0 aliphatic rings. The molecule has 0 spiro atoms. The number of hydrogen-bond donors (Lipinski definition) is 0. The van der Waals surface area contributed by atoms with Gasteiger partial charge in [-0.1, -0.05) is 146 Å². The monoisotopic (exact) mass is 924 g/mol. The van der Waals surface area contributed by atoms with Gasteiger partial charge in [-0.25, -0.2) is 0 Å². The molecule has 334 valence electrons. The van der Waals surface area contributed by atoms with Crippen LogP contribution in [0.4, 0.5) is 34.1 Å². The van der Waals surface area contributed by atoms with Crippen LogP contribution in [0.3, 0.4) is 0 Å². The topological polar surface area (TPSA) is 16.3 Å². The molecule has 0 atom stereocenters. The average molecular weight is 925 g/mol. The molecule has 0 saturated carbocycles. The van der Waals surface area contributed by atoms with E-state index in [4.69, 9.17) is 0 Å². The van der Waals surface area contributed by atoms with Crippen molar-refractivity contribution in [3.63, 3.8) is 0 Å². The lowest BCUT2D eigenvalue weighted by atomic mass is 9.95. The Kier molecular flexibility index (Phi) is 9.68. The van der Waals surface area contributed by atoms with Crippen molar-refractivity contribution in [3.8, 4) is 22.5 Å². The Labute approximate surface area is 415 Å². The molecule has 14 aromatic rings. The second kappa shape index (κ2) is 16.8. The highest BCUT2D eigenvalue weighted by molar-refractivity contribution is 7.18. The molecular formula is C66H44N4S. The molecule has 14 rings (SSSR count). The lowest BCUT2D eigenvalue weighted by Gasteiger charge is -2.28. The Bertz CT molecular complexity index is 4290. The van der Waals surface area contributed by atoms with Crippen LogP contribution in [0.25, 0.3) is 87.0 Å². The van der Waals surface area contributed by atoms with E-state index < -0.39 is 0 Å². The van der Waals surface area contributed by atoms with Crippen LogP contribution >= 0.6 is 11.3 Å². The molecule has 0 aliphatic heterocycles. The van der Waals surface area contributed by atoms with Crippen molar-refractivity contribution in [3.05, 3.63) is 266 Å². The SMILES string of the molecule is c1ccc(N(c2ccc3c(c2)c2ccccc2n3-c2ccccc2)c2ccc(-c3ccc(N(c4ccccc4)c4ccc5c(c4)c4ccccc4n5-c4ccccc4)c4ccsc34)c3ccccc23)cc1. The fourth-order valence-electron chi connectivity index (χ4n) is 11.1. The van der Waals surface area contributed by atoms with E-state index in [9.17, 15) is 0 Å². The number of fused-ring (bicyclic) bond motifs is 8. The summed E-state index contributed by atoms with van der Waals surface area (Å²) in [6.07, 6.45) is 0. The largest absolute Gasteiger partial charge is 0.310 e. The number of nitrogens with zero attached hydrogens (tertiary/aromatic N) is 4. The number of anilines is 6. The van der Waals surface area contributed by atoms with Crippen molar-refractivity contribution in [1.82, 2.24) is 9.13 Å². The molecule has 0 radical (unpaired) electrons. The molecule has 5 heteroatoms. The van der Waals surface area contributed by atoms with Gasteiger partial charge in [0.05, 0.1) is 33.4 Å². The Balaban J connectivity index is 0.919. The van der Waals surface area contributed by atoms with Gasteiger partial charge in [0.2, 0.25) is 0 Å². The minimum Gasteiger partial charge on any atom is -0.310 e. The quantitative estimate of drug-likeness (QED) is 0.143. The fraction of sp³-hybridized carbons (Fsp3) is 0. The zero-order chi connectivity index (χ0) is 46.8. The molecular weight excluding hydrogens is 881 g/mol. The maximum Gasteiger partial charge on any atom is 0.0548 e. The van der Waals surface area contributed by atoms with Gasteiger partial charge in [-0.15, -0.1) is 11.3 Å². The van der Waals surface area contributed by atoms with Crippen LogP contribution in [0, 0.1) is 0 Å². The lowest BCUT2D eigenvalue weighted by Crippen LogP contribution is -2.11. The van der Waals surface area contributed by atoms with Gasteiger partial charge < -0.3 is 18.9 Å². The van der Waals surface area contributed by atoms with Crippen LogP contribution in [0.5, 0.6) is 0 Å². The number of rotatable bonds is 9. The summed E-state index contributed by atoms with van der Waals surface area (Å²) < 4.78 is 6.01. The molecule has 3 heterocycles. The maximum absolute atomic E-state index is 2.43. The number of benzene rings is 11. The van der Waals surface area contributed by atoms with Crippen LogP contribution in [0.1, 0.15) is 0 Å².